The van der Waals surface area contributed by atoms with Crippen molar-refractivity contribution < 1.29 is 23.8 Å². The Hall–Kier alpha value is -2.38. The molecular formula is C26H29Cl2NO5. The highest BCUT2D eigenvalue weighted by atomic mass is 35.5. The van der Waals surface area contributed by atoms with Gasteiger partial charge in [0, 0.05) is 25.7 Å². The predicted octanol–water partition coefficient (Wildman–Crippen LogP) is 5.06. The van der Waals surface area contributed by atoms with Crippen LogP contribution in [0.15, 0.2) is 48.5 Å². The van der Waals surface area contributed by atoms with E-state index in [1.807, 2.05) is 24.3 Å². The Bertz CT molecular complexity index is 991. The van der Waals surface area contributed by atoms with Gasteiger partial charge in [-0.15, -0.1) is 0 Å². The summed E-state index contributed by atoms with van der Waals surface area (Å²) in [5.74, 6) is -1.10. The van der Waals surface area contributed by atoms with Crippen LogP contribution >= 0.6 is 23.2 Å². The third-order valence-corrected chi connectivity index (χ3v) is 6.69. The SMILES string of the molecule is COCC1(c2ccc(/C=C/CC(NC(=O)c3c(Cl)cccc3Cl)C(=O)OC)cc2)CCOCC1. The van der Waals surface area contributed by atoms with Gasteiger partial charge in [-0.2, -0.15) is 0 Å². The Morgan fingerprint density at radius 2 is 1.74 bits per heavy atom. The quantitative estimate of drug-likeness (QED) is 0.482. The molecule has 1 N–H and O–H groups in total. The van der Waals surface area contributed by atoms with E-state index < -0.39 is 17.9 Å². The Labute approximate surface area is 210 Å². The number of halogens is 2. The smallest absolute Gasteiger partial charge is 0.328 e. The van der Waals surface area contributed by atoms with Gasteiger partial charge in [0.2, 0.25) is 0 Å². The van der Waals surface area contributed by atoms with Crippen LogP contribution in [0.3, 0.4) is 0 Å². The van der Waals surface area contributed by atoms with Gasteiger partial charge >= 0.3 is 5.97 Å². The maximum atomic E-state index is 12.7. The van der Waals surface area contributed by atoms with Gasteiger partial charge in [0.15, 0.2) is 0 Å². The zero-order valence-corrected chi connectivity index (χ0v) is 20.8. The zero-order valence-electron chi connectivity index (χ0n) is 19.3. The summed E-state index contributed by atoms with van der Waals surface area (Å²) in [7, 11) is 3.00. The zero-order chi connectivity index (χ0) is 24.6. The Kier molecular flexibility index (Phi) is 9.54. The van der Waals surface area contributed by atoms with E-state index in [1.165, 1.54) is 12.7 Å². The molecule has 0 saturated carbocycles. The molecule has 1 saturated heterocycles. The molecule has 0 radical (unpaired) electrons. The highest BCUT2D eigenvalue weighted by molar-refractivity contribution is 6.39. The molecule has 0 aromatic heterocycles. The molecule has 1 fully saturated rings. The predicted molar refractivity (Wildman–Crippen MR) is 133 cm³/mol. The van der Waals surface area contributed by atoms with Crippen molar-refractivity contribution in [2.45, 2.75) is 30.7 Å². The first-order valence-electron chi connectivity index (χ1n) is 11.1. The molecule has 1 amide bonds. The summed E-state index contributed by atoms with van der Waals surface area (Å²) in [6, 6.07) is 12.2. The number of hydrogen-bond acceptors (Lipinski definition) is 5. The number of carbonyl (C=O) groups excluding carboxylic acids is 2. The molecule has 0 aliphatic carbocycles. The van der Waals surface area contributed by atoms with Crippen LogP contribution in [0.4, 0.5) is 0 Å². The van der Waals surface area contributed by atoms with Crippen LogP contribution in [0.25, 0.3) is 6.08 Å². The molecule has 3 rings (SSSR count). The molecule has 182 valence electrons. The molecule has 1 heterocycles. The molecule has 2 aromatic rings. The van der Waals surface area contributed by atoms with Gasteiger partial charge in [-0.05, 0) is 42.5 Å². The molecular weight excluding hydrogens is 477 g/mol. The van der Waals surface area contributed by atoms with Gasteiger partial charge < -0.3 is 19.5 Å². The van der Waals surface area contributed by atoms with Crippen molar-refractivity contribution in [3.05, 3.63) is 75.3 Å². The Balaban J connectivity index is 1.68. The molecule has 1 unspecified atom stereocenters. The first-order valence-corrected chi connectivity index (χ1v) is 11.8. The van der Waals surface area contributed by atoms with Crippen molar-refractivity contribution in [1.82, 2.24) is 5.32 Å². The fourth-order valence-corrected chi connectivity index (χ4v) is 4.71. The van der Waals surface area contributed by atoms with Crippen LogP contribution in [0.5, 0.6) is 0 Å². The molecule has 6 nitrogen and oxygen atoms in total. The number of carbonyl (C=O) groups is 2. The van der Waals surface area contributed by atoms with Gasteiger partial charge in [0.1, 0.15) is 6.04 Å². The monoisotopic (exact) mass is 505 g/mol. The number of amides is 1. The van der Waals surface area contributed by atoms with E-state index in [2.05, 4.69) is 17.4 Å². The second-order valence-electron chi connectivity index (χ2n) is 8.23. The lowest BCUT2D eigenvalue weighted by Gasteiger charge is -2.37. The number of methoxy groups -OCH3 is 2. The number of nitrogens with one attached hydrogen (secondary N) is 1. The minimum Gasteiger partial charge on any atom is -0.467 e. The first kappa shape index (κ1) is 26.2. The normalized spacial score (nSPS) is 16.2. The van der Waals surface area contributed by atoms with Crippen molar-refractivity contribution >= 4 is 41.2 Å². The summed E-state index contributed by atoms with van der Waals surface area (Å²) >= 11 is 12.2. The average Bonchev–Trinajstić information content (AvgIpc) is 2.84. The second kappa shape index (κ2) is 12.4. The number of benzene rings is 2. The fourth-order valence-electron chi connectivity index (χ4n) is 4.14. The van der Waals surface area contributed by atoms with Gasteiger partial charge in [-0.25, -0.2) is 4.79 Å². The van der Waals surface area contributed by atoms with E-state index in [0.29, 0.717) is 6.61 Å². The van der Waals surface area contributed by atoms with Gasteiger partial charge in [0.05, 0.1) is 29.3 Å². The van der Waals surface area contributed by atoms with E-state index in [1.54, 1.807) is 25.3 Å². The lowest BCUT2D eigenvalue weighted by molar-refractivity contribution is -0.142. The Morgan fingerprint density at radius 1 is 1.09 bits per heavy atom. The molecule has 1 atom stereocenters. The van der Waals surface area contributed by atoms with E-state index in [0.717, 1.165) is 31.6 Å². The van der Waals surface area contributed by atoms with E-state index >= 15 is 0 Å². The van der Waals surface area contributed by atoms with Crippen LogP contribution in [0, 0.1) is 0 Å². The van der Waals surface area contributed by atoms with Crippen LogP contribution < -0.4 is 5.32 Å². The molecule has 0 bridgehead atoms. The molecule has 0 spiro atoms. The third-order valence-electron chi connectivity index (χ3n) is 6.06. The van der Waals surface area contributed by atoms with Crippen LogP contribution in [0.1, 0.15) is 40.7 Å². The standard InChI is InChI=1S/C26H29Cl2NO5/c1-32-17-26(13-15-34-16-14-26)19-11-9-18(10-12-19)5-3-8-22(25(31)33-2)29-24(30)23-20(27)6-4-7-21(23)28/h3-7,9-12,22H,8,13-17H2,1-2H3,(H,29,30)/b5-3+. The fraction of sp³-hybridized carbons (Fsp3) is 0.385. The summed E-state index contributed by atoms with van der Waals surface area (Å²) < 4.78 is 15.9. The summed E-state index contributed by atoms with van der Waals surface area (Å²) in [6.07, 6.45) is 5.82. The maximum absolute atomic E-state index is 12.7. The van der Waals surface area contributed by atoms with E-state index in [9.17, 15) is 9.59 Å². The highest BCUT2D eigenvalue weighted by Gasteiger charge is 2.34. The summed E-state index contributed by atoms with van der Waals surface area (Å²) in [5, 5.41) is 3.08. The van der Waals surface area contributed by atoms with Crippen molar-refractivity contribution in [2.24, 2.45) is 0 Å². The summed E-state index contributed by atoms with van der Waals surface area (Å²) in [4.78, 5) is 24.9. The lowest BCUT2D eigenvalue weighted by atomic mass is 9.74. The van der Waals surface area contributed by atoms with Crippen molar-refractivity contribution in [3.8, 4) is 0 Å². The topological polar surface area (TPSA) is 73.9 Å². The summed E-state index contributed by atoms with van der Waals surface area (Å²) in [5.41, 5.74) is 2.30. The molecule has 1 aliphatic heterocycles. The second-order valence-corrected chi connectivity index (χ2v) is 9.05. The van der Waals surface area contributed by atoms with Gasteiger partial charge in [-0.3, -0.25) is 4.79 Å². The highest BCUT2D eigenvalue weighted by Crippen LogP contribution is 2.35. The minimum atomic E-state index is -0.882. The third kappa shape index (κ3) is 6.39. The number of rotatable bonds is 9. The van der Waals surface area contributed by atoms with Crippen LogP contribution in [0.2, 0.25) is 10.0 Å². The summed E-state index contributed by atoms with van der Waals surface area (Å²) in [6.45, 7) is 2.11. The molecule has 8 heteroatoms. The average molecular weight is 506 g/mol. The van der Waals surface area contributed by atoms with Gasteiger partial charge in [0.25, 0.3) is 5.91 Å². The van der Waals surface area contributed by atoms with Crippen molar-refractivity contribution in [3.63, 3.8) is 0 Å². The number of esters is 1. The Morgan fingerprint density at radius 3 is 2.32 bits per heavy atom. The molecule has 1 aliphatic rings. The van der Waals surface area contributed by atoms with E-state index in [4.69, 9.17) is 37.4 Å². The van der Waals surface area contributed by atoms with E-state index in [-0.39, 0.29) is 27.4 Å². The van der Waals surface area contributed by atoms with Gasteiger partial charge in [-0.1, -0.05) is 65.7 Å². The van der Waals surface area contributed by atoms with Crippen LogP contribution in [-0.4, -0.2) is 52.0 Å². The largest absolute Gasteiger partial charge is 0.467 e. The molecule has 34 heavy (non-hydrogen) atoms. The molecule has 2 aromatic carbocycles. The lowest BCUT2D eigenvalue weighted by Crippen LogP contribution is -2.41. The van der Waals surface area contributed by atoms with Crippen molar-refractivity contribution in [1.29, 1.82) is 0 Å². The maximum Gasteiger partial charge on any atom is 0.328 e. The minimum absolute atomic E-state index is 0.0323. The van der Waals surface area contributed by atoms with Crippen molar-refractivity contribution in [2.75, 3.05) is 34.0 Å². The van der Waals surface area contributed by atoms with Crippen LogP contribution in [-0.2, 0) is 24.4 Å². The first-order chi connectivity index (χ1) is 16.4. The number of ether oxygens (including phenoxy) is 3. The number of hydrogen-bond donors (Lipinski definition) is 1.